The monoisotopic (exact) mass is 339 g/mol. The van der Waals surface area contributed by atoms with E-state index in [1.165, 1.54) is 5.56 Å². The Hall–Kier alpha value is -3.09. The Balaban J connectivity index is 1.50. The third-order valence-corrected chi connectivity index (χ3v) is 3.76. The number of rotatable bonds is 5. The number of oxazole rings is 1. The van der Waals surface area contributed by atoms with Crippen molar-refractivity contribution in [1.82, 2.24) is 20.1 Å². The number of carbonyl (C=O) groups is 1. The number of nitrogens with zero attached hydrogens (tertiary/aromatic N) is 3. The van der Waals surface area contributed by atoms with Crippen LogP contribution in [-0.4, -0.2) is 27.3 Å². The smallest absolute Gasteiger partial charge is 0.320 e. The van der Waals surface area contributed by atoms with Crippen LogP contribution in [0.2, 0.25) is 0 Å². The number of urea groups is 1. The molecule has 0 bridgehead atoms. The first-order valence-electron chi connectivity index (χ1n) is 8.08. The molecule has 0 saturated heterocycles. The third-order valence-electron chi connectivity index (χ3n) is 3.76. The van der Waals surface area contributed by atoms with Gasteiger partial charge in [-0.1, -0.05) is 17.7 Å². The van der Waals surface area contributed by atoms with Crippen LogP contribution in [0.3, 0.4) is 0 Å². The molecule has 0 aliphatic carbocycles. The lowest BCUT2D eigenvalue weighted by atomic mass is 10.1. The fraction of sp³-hybridized carbons (Fsp3) is 0.278. The van der Waals surface area contributed by atoms with Crippen LogP contribution in [0.15, 0.2) is 41.0 Å². The van der Waals surface area contributed by atoms with Crippen LogP contribution in [0.5, 0.6) is 0 Å². The molecule has 0 fully saturated rings. The SMILES string of the molecule is Cc1ccc(-c2nc(CCNC(=O)Nc3cc(C)nn3C)co2)cc1. The van der Waals surface area contributed by atoms with Crippen LogP contribution in [0.1, 0.15) is 17.0 Å². The third kappa shape index (κ3) is 4.26. The van der Waals surface area contributed by atoms with Gasteiger partial charge in [-0.15, -0.1) is 0 Å². The molecule has 0 aliphatic heterocycles. The van der Waals surface area contributed by atoms with Crippen molar-refractivity contribution < 1.29 is 9.21 Å². The summed E-state index contributed by atoms with van der Waals surface area (Å²) >= 11 is 0. The Morgan fingerprint density at radius 2 is 2.00 bits per heavy atom. The number of carbonyl (C=O) groups excluding carboxylic acids is 1. The van der Waals surface area contributed by atoms with Crippen molar-refractivity contribution in [2.24, 2.45) is 7.05 Å². The van der Waals surface area contributed by atoms with Gasteiger partial charge in [0.25, 0.3) is 0 Å². The highest BCUT2D eigenvalue weighted by Gasteiger charge is 2.09. The lowest BCUT2D eigenvalue weighted by Gasteiger charge is -2.06. The van der Waals surface area contributed by atoms with Crippen LogP contribution < -0.4 is 10.6 Å². The van der Waals surface area contributed by atoms with E-state index in [9.17, 15) is 4.79 Å². The lowest BCUT2D eigenvalue weighted by Crippen LogP contribution is -2.31. The molecule has 7 heteroatoms. The van der Waals surface area contributed by atoms with Crippen molar-refractivity contribution in [3.63, 3.8) is 0 Å². The van der Waals surface area contributed by atoms with E-state index in [2.05, 4.69) is 20.7 Å². The zero-order valence-electron chi connectivity index (χ0n) is 14.5. The minimum atomic E-state index is -0.273. The Kier molecular flexibility index (Phi) is 4.83. The van der Waals surface area contributed by atoms with Crippen LogP contribution >= 0.6 is 0 Å². The molecule has 0 atom stereocenters. The lowest BCUT2D eigenvalue weighted by molar-refractivity contribution is 0.252. The van der Waals surface area contributed by atoms with Crippen molar-refractivity contribution >= 4 is 11.8 Å². The first-order valence-corrected chi connectivity index (χ1v) is 8.08. The Morgan fingerprint density at radius 1 is 1.24 bits per heavy atom. The maximum Gasteiger partial charge on any atom is 0.320 e. The Morgan fingerprint density at radius 3 is 2.68 bits per heavy atom. The maximum absolute atomic E-state index is 11.9. The van der Waals surface area contributed by atoms with E-state index in [1.54, 1.807) is 18.0 Å². The summed E-state index contributed by atoms with van der Waals surface area (Å²) in [4.78, 5) is 16.4. The predicted molar refractivity (Wildman–Crippen MR) is 95.3 cm³/mol. The predicted octanol–water partition coefficient (Wildman–Crippen LogP) is 3.06. The molecule has 7 nitrogen and oxygen atoms in total. The molecule has 0 saturated carbocycles. The standard InChI is InChI=1S/C18H21N5O2/c1-12-4-6-14(7-5-12)17-20-15(11-25-17)8-9-19-18(24)21-16-10-13(2)22-23(16)3/h4-7,10-11H,8-9H2,1-3H3,(H2,19,21,24). The fourth-order valence-electron chi connectivity index (χ4n) is 2.44. The van der Waals surface area contributed by atoms with Crippen molar-refractivity contribution in [3.05, 3.63) is 53.5 Å². The maximum atomic E-state index is 11.9. The molecule has 3 aromatic rings. The summed E-state index contributed by atoms with van der Waals surface area (Å²) in [5, 5.41) is 9.74. The first kappa shape index (κ1) is 16.8. The van der Waals surface area contributed by atoms with E-state index in [0.717, 1.165) is 17.0 Å². The zero-order valence-corrected chi connectivity index (χ0v) is 14.5. The Bertz CT molecular complexity index is 864. The van der Waals surface area contributed by atoms with E-state index in [0.29, 0.717) is 24.7 Å². The molecule has 25 heavy (non-hydrogen) atoms. The number of amides is 2. The molecule has 2 amide bonds. The molecular weight excluding hydrogens is 318 g/mol. The summed E-state index contributed by atoms with van der Waals surface area (Å²) in [6, 6.07) is 9.53. The average Bonchev–Trinajstić information content (AvgIpc) is 3.15. The number of aryl methyl sites for hydroxylation is 3. The normalized spacial score (nSPS) is 10.7. The molecule has 0 spiro atoms. The molecule has 0 unspecified atom stereocenters. The van der Waals surface area contributed by atoms with E-state index >= 15 is 0 Å². The zero-order chi connectivity index (χ0) is 17.8. The van der Waals surface area contributed by atoms with Crippen molar-refractivity contribution in [3.8, 4) is 11.5 Å². The second kappa shape index (κ2) is 7.21. The van der Waals surface area contributed by atoms with Gasteiger partial charge in [-0.05, 0) is 26.0 Å². The second-order valence-corrected chi connectivity index (χ2v) is 5.94. The van der Waals surface area contributed by atoms with Gasteiger partial charge >= 0.3 is 6.03 Å². The molecule has 130 valence electrons. The Labute approximate surface area is 146 Å². The van der Waals surface area contributed by atoms with Gasteiger partial charge in [0.1, 0.15) is 12.1 Å². The second-order valence-electron chi connectivity index (χ2n) is 5.94. The molecule has 2 N–H and O–H groups in total. The van der Waals surface area contributed by atoms with Crippen LogP contribution in [0.25, 0.3) is 11.5 Å². The number of aromatic nitrogens is 3. The van der Waals surface area contributed by atoms with Crippen LogP contribution in [0.4, 0.5) is 10.6 Å². The van der Waals surface area contributed by atoms with Gasteiger partial charge in [0.2, 0.25) is 5.89 Å². The fourth-order valence-corrected chi connectivity index (χ4v) is 2.44. The molecule has 0 aliphatic rings. The molecule has 0 radical (unpaired) electrons. The van der Waals surface area contributed by atoms with Gasteiger partial charge in [0.15, 0.2) is 0 Å². The average molecular weight is 339 g/mol. The molecular formula is C18H21N5O2. The van der Waals surface area contributed by atoms with Gasteiger partial charge < -0.3 is 9.73 Å². The van der Waals surface area contributed by atoms with Gasteiger partial charge in [0, 0.05) is 31.6 Å². The first-order chi connectivity index (χ1) is 12.0. The quantitative estimate of drug-likeness (QED) is 0.748. The van der Waals surface area contributed by atoms with Crippen molar-refractivity contribution in [2.45, 2.75) is 20.3 Å². The number of hydrogen-bond acceptors (Lipinski definition) is 4. The van der Waals surface area contributed by atoms with Crippen molar-refractivity contribution in [2.75, 3.05) is 11.9 Å². The highest BCUT2D eigenvalue weighted by Crippen LogP contribution is 2.19. The summed E-state index contributed by atoms with van der Waals surface area (Å²) < 4.78 is 7.14. The van der Waals surface area contributed by atoms with E-state index in [-0.39, 0.29) is 6.03 Å². The van der Waals surface area contributed by atoms with Gasteiger partial charge in [0.05, 0.1) is 11.4 Å². The summed E-state index contributed by atoms with van der Waals surface area (Å²) in [6.45, 7) is 4.37. The van der Waals surface area contributed by atoms with E-state index in [1.807, 2.05) is 44.2 Å². The number of anilines is 1. The van der Waals surface area contributed by atoms with Gasteiger partial charge in [-0.25, -0.2) is 9.78 Å². The van der Waals surface area contributed by atoms with E-state index < -0.39 is 0 Å². The number of benzene rings is 1. The van der Waals surface area contributed by atoms with E-state index in [4.69, 9.17) is 4.42 Å². The topological polar surface area (TPSA) is 85.0 Å². The highest BCUT2D eigenvalue weighted by atomic mass is 16.3. The molecule has 2 heterocycles. The minimum absolute atomic E-state index is 0.273. The highest BCUT2D eigenvalue weighted by molar-refractivity contribution is 5.88. The van der Waals surface area contributed by atoms with Gasteiger partial charge in [-0.2, -0.15) is 5.10 Å². The van der Waals surface area contributed by atoms with Gasteiger partial charge in [-0.3, -0.25) is 10.00 Å². The number of nitrogens with one attached hydrogen (secondary N) is 2. The van der Waals surface area contributed by atoms with Crippen molar-refractivity contribution in [1.29, 1.82) is 0 Å². The summed E-state index contributed by atoms with van der Waals surface area (Å²) in [6.07, 6.45) is 2.21. The molecule has 2 aromatic heterocycles. The van der Waals surface area contributed by atoms with Crippen LogP contribution in [-0.2, 0) is 13.5 Å². The molecule has 1 aromatic carbocycles. The minimum Gasteiger partial charge on any atom is -0.444 e. The van der Waals surface area contributed by atoms with Crippen LogP contribution in [0, 0.1) is 13.8 Å². The summed E-state index contributed by atoms with van der Waals surface area (Å²) in [5.41, 5.74) is 3.78. The summed E-state index contributed by atoms with van der Waals surface area (Å²) in [5.74, 6) is 1.24. The summed E-state index contributed by atoms with van der Waals surface area (Å²) in [7, 11) is 1.78. The number of hydrogen-bond donors (Lipinski definition) is 2. The largest absolute Gasteiger partial charge is 0.444 e. The molecule has 3 rings (SSSR count).